The van der Waals surface area contributed by atoms with Crippen LogP contribution in [0.1, 0.15) is 58.1 Å². The summed E-state index contributed by atoms with van der Waals surface area (Å²) >= 11 is 0. The molecule has 0 aliphatic rings. The highest BCUT2D eigenvalue weighted by molar-refractivity contribution is 5.76. The van der Waals surface area contributed by atoms with Crippen molar-refractivity contribution in [3.05, 3.63) is 24.0 Å². The number of hydrogen-bond acceptors (Lipinski definition) is 2. The van der Waals surface area contributed by atoms with Crippen LogP contribution in [-0.4, -0.2) is 23.6 Å². The molecule has 1 amide bonds. The summed E-state index contributed by atoms with van der Waals surface area (Å²) in [6.45, 7) is 6.77. The van der Waals surface area contributed by atoms with Crippen LogP contribution in [0.2, 0.25) is 0 Å². The largest absolute Gasteiger partial charge is 0.352 e. The molecule has 0 aliphatic carbocycles. The van der Waals surface area contributed by atoms with Gasteiger partial charge >= 0.3 is 0 Å². The summed E-state index contributed by atoms with van der Waals surface area (Å²) in [5.41, 5.74) is 1.25. The molecule has 1 aromatic heterocycles. The van der Waals surface area contributed by atoms with Crippen LogP contribution in [0.15, 0.2) is 18.5 Å². The summed E-state index contributed by atoms with van der Waals surface area (Å²) in [5, 5.41) is 6.35. The summed E-state index contributed by atoms with van der Waals surface area (Å²) in [6, 6.07) is 2.73. The van der Waals surface area contributed by atoms with E-state index >= 15 is 0 Å². The SMILES string of the molecule is CCCC(C)NC(=O)Cn1ccc(C(CCC)NC)c1. The Morgan fingerprint density at radius 2 is 2.00 bits per heavy atom. The standard InChI is InChI=1S/C16H29N3O/c1-5-7-13(3)18-16(20)12-19-10-9-14(11-19)15(17-4)8-6-2/h9-11,13,15,17H,5-8,12H2,1-4H3,(H,18,20). The molecule has 0 radical (unpaired) electrons. The van der Waals surface area contributed by atoms with Crippen LogP contribution in [0.4, 0.5) is 0 Å². The quantitative estimate of drug-likeness (QED) is 0.730. The maximum atomic E-state index is 11.9. The molecule has 0 bridgehead atoms. The molecule has 114 valence electrons. The fraction of sp³-hybridized carbons (Fsp3) is 0.688. The van der Waals surface area contributed by atoms with Crippen molar-refractivity contribution in [3.63, 3.8) is 0 Å². The number of nitrogens with zero attached hydrogens (tertiary/aromatic N) is 1. The molecule has 2 N–H and O–H groups in total. The second kappa shape index (κ2) is 8.80. The zero-order chi connectivity index (χ0) is 15.0. The van der Waals surface area contributed by atoms with Crippen molar-refractivity contribution in [3.8, 4) is 0 Å². The third-order valence-electron chi connectivity index (χ3n) is 3.56. The Morgan fingerprint density at radius 1 is 1.30 bits per heavy atom. The summed E-state index contributed by atoms with van der Waals surface area (Å²) in [6.07, 6.45) is 8.43. The zero-order valence-corrected chi connectivity index (χ0v) is 13.3. The molecule has 2 atom stereocenters. The lowest BCUT2D eigenvalue weighted by atomic mass is 10.1. The minimum atomic E-state index is 0.0876. The van der Waals surface area contributed by atoms with Gasteiger partial charge in [0, 0.05) is 24.5 Å². The first-order valence-corrected chi connectivity index (χ1v) is 7.73. The number of amides is 1. The Morgan fingerprint density at radius 3 is 2.60 bits per heavy atom. The topological polar surface area (TPSA) is 46.1 Å². The number of nitrogens with one attached hydrogen (secondary N) is 2. The van der Waals surface area contributed by atoms with Gasteiger partial charge < -0.3 is 15.2 Å². The van der Waals surface area contributed by atoms with Crippen molar-refractivity contribution in [2.24, 2.45) is 0 Å². The van der Waals surface area contributed by atoms with Gasteiger partial charge in [0.2, 0.25) is 5.91 Å². The fourth-order valence-corrected chi connectivity index (χ4v) is 2.52. The van der Waals surface area contributed by atoms with E-state index in [4.69, 9.17) is 0 Å². The van der Waals surface area contributed by atoms with Crippen LogP contribution in [-0.2, 0) is 11.3 Å². The summed E-state index contributed by atoms with van der Waals surface area (Å²) in [7, 11) is 1.98. The van der Waals surface area contributed by atoms with E-state index in [2.05, 4.69) is 43.7 Å². The molecular weight excluding hydrogens is 250 g/mol. The van der Waals surface area contributed by atoms with Gasteiger partial charge in [-0.05, 0) is 38.4 Å². The molecule has 0 aliphatic heterocycles. The minimum Gasteiger partial charge on any atom is -0.352 e. The van der Waals surface area contributed by atoms with E-state index in [-0.39, 0.29) is 11.9 Å². The predicted octanol–water partition coefficient (Wildman–Crippen LogP) is 2.85. The molecular formula is C16H29N3O. The van der Waals surface area contributed by atoms with Crippen LogP contribution in [0.5, 0.6) is 0 Å². The average molecular weight is 279 g/mol. The Bertz CT molecular complexity index is 400. The van der Waals surface area contributed by atoms with E-state index in [9.17, 15) is 4.79 Å². The van der Waals surface area contributed by atoms with Crippen molar-refractivity contribution in [2.45, 2.75) is 65.1 Å². The molecule has 4 heteroatoms. The lowest BCUT2D eigenvalue weighted by Gasteiger charge is -2.14. The van der Waals surface area contributed by atoms with E-state index in [1.54, 1.807) is 0 Å². The Balaban J connectivity index is 2.52. The van der Waals surface area contributed by atoms with Crippen molar-refractivity contribution >= 4 is 5.91 Å². The maximum Gasteiger partial charge on any atom is 0.240 e. The molecule has 2 unspecified atom stereocenters. The number of rotatable bonds is 9. The van der Waals surface area contributed by atoms with Gasteiger partial charge in [0.15, 0.2) is 0 Å². The first-order valence-electron chi connectivity index (χ1n) is 7.73. The Hall–Kier alpha value is -1.29. The highest BCUT2D eigenvalue weighted by Crippen LogP contribution is 2.18. The van der Waals surface area contributed by atoms with Gasteiger partial charge in [-0.1, -0.05) is 26.7 Å². The van der Waals surface area contributed by atoms with Crippen LogP contribution in [0, 0.1) is 0 Å². The molecule has 20 heavy (non-hydrogen) atoms. The highest BCUT2D eigenvalue weighted by Gasteiger charge is 2.11. The smallest absolute Gasteiger partial charge is 0.240 e. The number of carbonyl (C=O) groups excluding carboxylic acids is 1. The van der Waals surface area contributed by atoms with Gasteiger partial charge in [0.25, 0.3) is 0 Å². The van der Waals surface area contributed by atoms with Gasteiger partial charge in [-0.15, -0.1) is 0 Å². The Labute approximate surface area is 122 Å². The van der Waals surface area contributed by atoms with Crippen molar-refractivity contribution < 1.29 is 4.79 Å². The zero-order valence-electron chi connectivity index (χ0n) is 13.3. The molecule has 1 heterocycles. The highest BCUT2D eigenvalue weighted by atomic mass is 16.2. The van der Waals surface area contributed by atoms with Crippen LogP contribution in [0.3, 0.4) is 0 Å². The number of aromatic nitrogens is 1. The average Bonchev–Trinajstić information content (AvgIpc) is 2.84. The van der Waals surface area contributed by atoms with Gasteiger partial charge in [-0.3, -0.25) is 4.79 Å². The monoisotopic (exact) mass is 279 g/mol. The lowest BCUT2D eigenvalue weighted by Crippen LogP contribution is -2.34. The van der Waals surface area contributed by atoms with Crippen molar-refractivity contribution in [1.29, 1.82) is 0 Å². The van der Waals surface area contributed by atoms with Gasteiger partial charge in [-0.25, -0.2) is 0 Å². The molecule has 0 saturated carbocycles. The minimum absolute atomic E-state index is 0.0876. The maximum absolute atomic E-state index is 11.9. The van der Waals surface area contributed by atoms with Crippen LogP contribution in [0.25, 0.3) is 0 Å². The van der Waals surface area contributed by atoms with Crippen LogP contribution < -0.4 is 10.6 Å². The summed E-state index contributed by atoms with van der Waals surface area (Å²) in [5.74, 6) is 0.0876. The molecule has 1 rings (SSSR count). The van der Waals surface area contributed by atoms with E-state index in [1.807, 2.05) is 17.8 Å². The van der Waals surface area contributed by atoms with E-state index < -0.39 is 0 Å². The molecule has 1 aromatic rings. The van der Waals surface area contributed by atoms with Gasteiger partial charge in [0.1, 0.15) is 6.54 Å². The molecule has 0 spiro atoms. The molecule has 0 fully saturated rings. The van der Waals surface area contributed by atoms with Gasteiger partial charge in [-0.2, -0.15) is 0 Å². The number of hydrogen-bond donors (Lipinski definition) is 2. The lowest BCUT2D eigenvalue weighted by molar-refractivity contribution is -0.122. The summed E-state index contributed by atoms with van der Waals surface area (Å²) < 4.78 is 1.96. The first-order chi connectivity index (χ1) is 9.60. The second-order valence-electron chi connectivity index (χ2n) is 5.50. The first kappa shape index (κ1) is 16.8. The van der Waals surface area contributed by atoms with E-state index in [1.165, 1.54) is 5.56 Å². The summed E-state index contributed by atoms with van der Waals surface area (Å²) in [4.78, 5) is 11.9. The van der Waals surface area contributed by atoms with Crippen LogP contribution >= 0.6 is 0 Å². The normalized spacial score (nSPS) is 14.0. The van der Waals surface area contributed by atoms with E-state index in [0.717, 1.165) is 25.7 Å². The second-order valence-corrected chi connectivity index (χ2v) is 5.50. The fourth-order valence-electron chi connectivity index (χ4n) is 2.52. The van der Waals surface area contributed by atoms with Crippen molar-refractivity contribution in [2.75, 3.05) is 7.05 Å². The van der Waals surface area contributed by atoms with Crippen molar-refractivity contribution in [1.82, 2.24) is 15.2 Å². The third kappa shape index (κ3) is 5.37. The molecule has 0 aromatic carbocycles. The van der Waals surface area contributed by atoms with E-state index in [0.29, 0.717) is 12.6 Å². The third-order valence-corrected chi connectivity index (χ3v) is 3.56. The molecule has 4 nitrogen and oxygen atoms in total. The Kier molecular flexibility index (Phi) is 7.37. The van der Waals surface area contributed by atoms with Gasteiger partial charge in [0.05, 0.1) is 0 Å². The predicted molar refractivity (Wildman–Crippen MR) is 83.7 cm³/mol. The number of carbonyl (C=O) groups is 1. The molecule has 0 saturated heterocycles.